The van der Waals surface area contributed by atoms with Crippen LogP contribution in [0.4, 0.5) is 0 Å². The molecule has 3 aromatic rings. The van der Waals surface area contributed by atoms with Crippen LogP contribution in [-0.4, -0.2) is 38.0 Å². The SMILES string of the molecule is C=CCOC(=O)C1=C(C)N=c2sc(=Cc3ccc(OCCC(C)C)c(OC)c3)c(=O)n2C1c1ccc(OC)cc1. The molecule has 0 fully saturated rings. The molecule has 4 rings (SSSR count). The molecule has 210 valence electrons. The highest BCUT2D eigenvalue weighted by atomic mass is 32.1. The predicted molar refractivity (Wildman–Crippen MR) is 156 cm³/mol. The molecule has 0 amide bonds. The number of hydrogen-bond acceptors (Lipinski definition) is 8. The molecule has 0 saturated carbocycles. The normalized spacial score (nSPS) is 14.9. The first kappa shape index (κ1) is 28.9. The van der Waals surface area contributed by atoms with Crippen LogP contribution in [0.25, 0.3) is 6.08 Å². The zero-order valence-electron chi connectivity index (χ0n) is 23.4. The summed E-state index contributed by atoms with van der Waals surface area (Å²) < 4.78 is 24.2. The van der Waals surface area contributed by atoms with Gasteiger partial charge >= 0.3 is 5.97 Å². The predicted octanol–water partition coefficient (Wildman–Crippen LogP) is 4.41. The van der Waals surface area contributed by atoms with Crippen molar-refractivity contribution in [3.63, 3.8) is 0 Å². The zero-order chi connectivity index (χ0) is 28.8. The van der Waals surface area contributed by atoms with Crippen molar-refractivity contribution < 1.29 is 23.7 Å². The van der Waals surface area contributed by atoms with Crippen LogP contribution in [0.5, 0.6) is 17.2 Å². The van der Waals surface area contributed by atoms with E-state index in [4.69, 9.17) is 18.9 Å². The van der Waals surface area contributed by atoms with Gasteiger partial charge in [0.05, 0.1) is 42.7 Å². The molecule has 0 saturated heterocycles. The Labute approximate surface area is 237 Å². The zero-order valence-corrected chi connectivity index (χ0v) is 24.2. The summed E-state index contributed by atoms with van der Waals surface area (Å²) in [5.41, 5.74) is 2.05. The van der Waals surface area contributed by atoms with Crippen molar-refractivity contribution in [2.24, 2.45) is 10.9 Å². The van der Waals surface area contributed by atoms with Gasteiger partial charge in [0.25, 0.3) is 5.56 Å². The number of benzene rings is 2. The Balaban J connectivity index is 1.80. The first-order chi connectivity index (χ1) is 19.3. The number of thiazole rings is 1. The summed E-state index contributed by atoms with van der Waals surface area (Å²) in [5.74, 6) is 1.89. The Morgan fingerprint density at radius 2 is 1.88 bits per heavy atom. The van der Waals surface area contributed by atoms with Crippen LogP contribution in [0, 0.1) is 5.92 Å². The van der Waals surface area contributed by atoms with Gasteiger partial charge in [-0.1, -0.05) is 56.0 Å². The molecule has 2 heterocycles. The summed E-state index contributed by atoms with van der Waals surface area (Å²) in [6.07, 6.45) is 4.23. The van der Waals surface area contributed by atoms with Crippen molar-refractivity contribution in [2.45, 2.75) is 33.2 Å². The third kappa shape index (κ3) is 6.20. The topological polar surface area (TPSA) is 88.4 Å². The molecule has 0 radical (unpaired) electrons. The molecule has 1 aliphatic heterocycles. The minimum absolute atomic E-state index is 0.0500. The van der Waals surface area contributed by atoms with E-state index in [-0.39, 0.29) is 12.2 Å². The van der Waals surface area contributed by atoms with Crippen LogP contribution in [0.1, 0.15) is 44.4 Å². The molecule has 8 nitrogen and oxygen atoms in total. The van der Waals surface area contributed by atoms with Crippen LogP contribution >= 0.6 is 11.3 Å². The number of carbonyl (C=O) groups excluding carboxylic acids is 1. The van der Waals surface area contributed by atoms with E-state index >= 15 is 0 Å². The van der Waals surface area contributed by atoms with Gasteiger partial charge in [0.1, 0.15) is 12.4 Å². The molecule has 1 aliphatic rings. The molecule has 0 spiro atoms. The number of ether oxygens (including phenoxy) is 4. The van der Waals surface area contributed by atoms with E-state index in [1.807, 2.05) is 30.3 Å². The third-order valence-corrected chi connectivity index (χ3v) is 7.43. The summed E-state index contributed by atoms with van der Waals surface area (Å²) in [6, 6.07) is 12.1. The van der Waals surface area contributed by atoms with Crippen LogP contribution < -0.4 is 29.1 Å². The van der Waals surface area contributed by atoms with Gasteiger partial charge in [-0.25, -0.2) is 9.79 Å². The van der Waals surface area contributed by atoms with E-state index in [1.54, 1.807) is 43.9 Å². The molecule has 9 heteroatoms. The number of methoxy groups -OCH3 is 2. The molecule has 0 bridgehead atoms. The second-order valence-electron chi connectivity index (χ2n) is 9.68. The van der Waals surface area contributed by atoms with E-state index in [0.29, 0.717) is 50.4 Å². The maximum Gasteiger partial charge on any atom is 0.338 e. The van der Waals surface area contributed by atoms with Gasteiger partial charge in [-0.3, -0.25) is 9.36 Å². The molecule has 1 aromatic heterocycles. The monoisotopic (exact) mass is 562 g/mol. The van der Waals surface area contributed by atoms with Crippen molar-refractivity contribution >= 4 is 23.4 Å². The number of hydrogen-bond donors (Lipinski definition) is 0. The van der Waals surface area contributed by atoms with Gasteiger partial charge in [0.2, 0.25) is 0 Å². The number of fused-ring (bicyclic) bond motifs is 1. The average molecular weight is 563 g/mol. The number of aromatic nitrogens is 1. The third-order valence-electron chi connectivity index (χ3n) is 6.44. The number of nitrogens with zero attached hydrogens (tertiary/aromatic N) is 2. The maximum absolute atomic E-state index is 13.9. The van der Waals surface area contributed by atoms with Crippen molar-refractivity contribution in [1.29, 1.82) is 0 Å². The lowest BCUT2D eigenvalue weighted by Gasteiger charge is -2.24. The number of rotatable bonds is 11. The Bertz CT molecular complexity index is 1600. The highest BCUT2D eigenvalue weighted by Crippen LogP contribution is 2.32. The quantitative estimate of drug-likeness (QED) is 0.254. The summed E-state index contributed by atoms with van der Waals surface area (Å²) in [7, 11) is 3.17. The van der Waals surface area contributed by atoms with Gasteiger partial charge in [0.15, 0.2) is 16.3 Å². The van der Waals surface area contributed by atoms with E-state index in [0.717, 1.165) is 17.5 Å². The Morgan fingerprint density at radius 3 is 2.52 bits per heavy atom. The average Bonchev–Trinajstić information content (AvgIpc) is 3.25. The smallest absolute Gasteiger partial charge is 0.338 e. The Kier molecular flexibility index (Phi) is 9.26. The summed E-state index contributed by atoms with van der Waals surface area (Å²) in [5, 5.41) is 0. The Morgan fingerprint density at radius 1 is 1.12 bits per heavy atom. The van der Waals surface area contributed by atoms with Crippen LogP contribution in [0.15, 0.2) is 76.2 Å². The molecule has 2 aromatic carbocycles. The van der Waals surface area contributed by atoms with Gasteiger partial charge in [-0.05, 0) is 60.7 Å². The summed E-state index contributed by atoms with van der Waals surface area (Å²) in [4.78, 5) is 32.1. The standard InChI is InChI=1S/C31H34N2O6S/c1-7-15-39-30(35)27-20(4)32-31-33(28(27)22-9-11-23(36-5)12-10-22)29(34)26(40-31)18-21-8-13-24(25(17-21)37-6)38-16-14-19(2)3/h7-13,17-19,28H,1,14-16H2,2-6H3. The van der Waals surface area contributed by atoms with Crippen LogP contribution in [0.2, 0.25) is 0 Å². The molecule has 0 N–H and O–H groups in total. The van der Waals surface area contributed by atoms with E-state index in [2.05, 4.69) is 25.4 Å². The van der Waals surface area contributed by atoms with Crippen LogP contribution in [0.3, 0.4) is 0 Å². The van der Waals surface area contributed by atoms with Crippen LogP contribution in [-0.2, 0) is 9.53 Å². The number of esters is 1. The van der Waals surface area contributed by atoms with Crippen molar-refractivity contribution in [3.05, 3.63) is 97.2 Å². The first-order valence-electron chi connectivity index (χ1n) is 13.0. The van der Waals surface area contributed by atoms with Gasteiger partial charge < -0.3 is 18.9 Å². The lowest BCUT2D eigenvalue weighted by molar-refractivity contribution is -0.138. The molecule has 0 aliphatic carbocycles. The molecule has 40 heavy (non-hydrogen) atoms. The highest BCUT2D eigenvalue weighted by Gasteiger charge is 2.33. The second kappa shape index (κ2) is 12.8. The minimum atomic E-state index is -0.715. The fraction of sp³-hybridized carbons (Fsp3) is 0.323. The number of carbonyl (C=O) groups is 1. The van der Waals surface area contributed by atoms with Crippen molar-refractivity contribution in [3.8, 4) is 17.2 Å². The lowest BCUT2D eigenvalue weighted by Crippen LogP contribution is -2.39. The van der Waals surface area contributed by atoms with Crippen molar-refractivity contribution in [1.82, 2.24) is 4.57 Å². The maximum atomic E-state index is 13.9. The molecule has 1 atom stereocenters. The highest BCUT2D eigenvalue weighted by molar-refractivity contribution is 7.07. The van der Waals surface area contributed by atoms with Gasteiger partial charge in [-0.2, -0.15) is 0 Å². The molecular weight excluding hydrogens is 528 g/mol. The Hall–Kier alpha value is -4.11. The number of allylic oxidation sites excluding steroid dienone is 1. The fourth-order valence-corrected chi connectivity index (χ4v) is 5.39. The largest absolute Gasteiger partial charge is 0.497 e. The second-order valence-corrected chi connectivity index (χ2v) is 10.7. The summed E-state index contributed by atoms with van der Waals surface area (Å²) in [6.45, 7) is 10.3. The molecule has 1 unspecified atom stereocenters. The van der Waals surface area contributed by atoms with Crippen molar-refractivity contribution in [2.75, 3.05) is 27.4 Å². The fourth-order valence-electron chi connectivity index (χ4n) is 4.35. The van der Waals surface area contributed by atoms with Gasteiger partial charge in [-0.15, -0.1) is 0 Å². The first-order valence-corrected chi connectivity index (χ1v) is 13.8. The van der Waals surface area contributed by atoms with Gasteiger partial charge in [0, 0.05) is 0 Å². The van der Waals surface area contributed by atoms with E-state index < -0.39 is 12.0 Å². The van der Waals surface area contributed by atoms with E-state index in [9.17, 15) is 9.59 Å². The summed E-state index contributed by atoms with van der Waals surface area (Å²) >= 11 is 1.26. The minimum Gasteiger partial charge on any atom is -0.497 e. The lowest BCUT2D eigenvalue weighted by atomic mass is 9.96. The van der Waals surface area contributed by atoms with E-state index in [1.165, 1.54) is 17.4 Å². The molecular formula is C31H34N2O6S.